The minimum absolute atomic E-state index is 0.156. The van der Waals surface area contributed by atoms with Crippen LogP contribution in [0.5, 0.6) is 0 Å². The molecule has 0 saturated heterocycles. The molecule has 168 valence electrons. The van der Waals surface area contributed by atoms with E-state index in [9.17, 15) is 29.8 Å². The average Bonchev–Trinajstić information content (AvgIpc) is 2.84. The van der Waals surface area contributed by atoms with Crippen LogP contribution >= 0.6 is 0 Å². The summed E-state index contributed by atoms with van der Waals surface area (Å²) >= 11 is 0. The van der Waals surface area contributed by atoms with E-state index >= 15 is 0 Å². The summed E-state index contributed by atoms with van der Waals surface area (Å²) in [5.41, 5.74) is -0.701. The summed E-state index contributed by atoms with van der Waals surface area (Å²) in [6.07, 6.45) is 0. The van der Waals surface area contributed by atoms with Crippen LogP contribution in [-0.4, -0.2) is 21.7 Å². The first kappa shape index (κ1) is 22.1. The van der Waals surface area contributed by atoms with Crippen molar-refractivity contribution in [2.45, 2.75) is 0 Å². The van der Waals surface area contributed by atoms with Gasteiger partial charge in [0.05, 0.1) is 21.2 Å². The molecular weight excluding hydrogens is 440 g/mol. The zero-order valence-corrected chi connectivity index (χ0v) is 17.4. The summed E-state index contributed by atoms with van der Waals surface area (Å²) in [7, 11) is 0. The fourth-order valence-electron chi connectivity index (χ4n) is 3.48. The number of carbonyl (C=O) groups is 2. The summed E-state index contributed by atoms with van der Waals surface area (Å²) < 4.78 is 0. The van der Waals surface area contributed by atoms with E-state index in [1.807, 2.05) is 0 Å². The van der Waals surface area contributed by atoms with Crippen LogP contribution in [-0.2, 0) is 0 Å². The molecule has 0 unspecified atom stereocenters. The van der Waals surface area contributed by atoms with Crippen molar-refractivity contribution in [1.29, 1.82) is 0 Å². The summed E-state index contributed by atoms with van der Waals surface area (Å²) in [6, 6.07) is 21.4. The number of nitrogens with one attached hydrogen (secondary N) is 2. The molecule has 10 nitrogen and oxygen atoms in total. The van der Waals surface area contributed by atoms with Crippen molar-refractivity contribution < 1.29 is 19.4 Å². The van der Waals surface area contributed by atoms with Gasteiger partial charge in [-0.05, 0) is 35.0 Å². The summed E-state index contributed by atoms with van der Waals surface area (Å²) in [5, 5.41) is 29.4. The van der Waals surface area contributed by atoms with Crippen LogP contribution in [0.1, 0.15) is 20.7 Å². The Labute approximate surface area is 192 Å². The Kier molecular flexibility index (Phi) is 5.95. The van der Waals surface area contributed by atoms with Gasteiger partial charge >= 0.3 is 0 Å². The monoisotopic (exact) mass is 456 g/mol. The summed E-state index contributed by atoms with van der Waals surface area (Å²) in [6.45, 7) is 0. The maximum Gasteiger partial charge on any atom is 0.282 e. The Bertz CT molecular complexity index is 1360. The van der Waals surface area contributed by atoms with Crippen LogP contribution in [0.25, 0.3) is 10.8 Å². The topological polar surface area (TPSA) is 144 Å². The molecule has 0 bridgehead atoms. The highest BCUT2D eigenvalue weighted by atomic mass is 16.6. The average molecular weight is 456 g/mol. The SMILES string of the molecule is O=C(Nc1cc2ccccc2cc1NC(=O)c1ccccc1[N+](=O)[O-])c1ccccc1[N+](=O)[O-]. The van der Waals surface area contributed by atoms with Crippen molar-refractivity contribution in [3.8, 4) is 0 Å². The van der Waals surface area contributed by atoms with Crippen molar-refractivity contribution in [3.05, 3.63) is 116 Å². The number of para-hydroxylation sites is 2. The van der Waals surface area contributed by atoms with Crippen LogP contribution in [0.15, 0.2) is 84.9 Å². The number of nitrogens with zero attached hydrogens (tertiary/aromatic N) is 2. The third-order valence-electron chi connectivity index (χ3n) is 5.07. The van der Waals surface area contributed by atoms with Gasteiger partial charge in [0.2, 0.25) is 0 Å². The molecule has 0 fully saturated rings. The molecule has 34 heavy (non-hydrogen) atoms. The van der Waals surface area contributed by atoms with Gasteiger partial charge in [0.1, 0.15) is 11.1 Å². The number of hydrogen-bond donors (Lipinski definition) is 2. The molecular formula is C24H16N4O6. The van der Waals surface area contributed by atoms with Gasteiger partial charge in [-0.2, -0.15) is 0 Å². The summed E-state index contributed by atoms with van der Waals surface area (Å²) in [4.78, 5) is 47.1. The van der Waals surface area contributed by atoms with E-state index < -0.39 is 21.7 Å². The molecule has 0 radical (unpaired) electrons. The Hall–Kier alpha value is -5.12. The highest BCUT2D eigenvalue weighted by Gasteiger charge is 2.23. The predicted octanol–water partition coefficient (Wildman–Crippen LogP) is 5.16. The molecule has 4 rings (SSSR count). The number of fused-ring (bicyclic) bond motifs is 1. The van der Waals surface area contributed by atoms with Gasteiger partial charge < -0.3 is 10.6 Å². The fraction of sp³-hybridized carbons (Fsp3) is 0. The highest BCUT2D eigenvalue weighted by molar-refractivity contribution is 6.13. The maximum atomic E-state index is 12.9. The molecule has 0 aliphatic heterocycles. The van der Waals surface area contributed by atoms with E-state index in [0.29, 0.717) is 0 Å². The van der Waals surface area contributed by atoms with Gasteiger partial charge in [-0.3, -0.25) is 29.8 Å². The van der Waals surface area contributed by atoms with Crippen LogP contribution in [0, 0.1) is 20.2 Å². The van der Waals surface area contributed by atoms with Gasteiger partial charge in [-0.1, -0.05) is 48.5 Å². The van der Waals surface area contributed by atoms with Crippen molar-refractivity contribution >= 4 is 45.3 Å². The van der Waals surface area contributed by atoms with E-state index in [-0.39, 0.29) is 33.9 Å². The Morgan fingerprint density at radius 1 is 0.588 bits per heavy atom. The standard InChI is InChI=1S/C24H16N4O6/c29-23(17-9-3-5-11-21(17)27(31)32)25-19-13-15-7-1-2-8-16(15)14-20(19)26-24(30)18-10-4-6-12-22(18)28(33)34/h1-14H,(H,25,29)(H,26,30). The number of amides is 2. The third kappa shape index (κ3) is 4.41. The molecule has 2 amide bonds. The number of nitro benzene ring substituents is 2. The van der Waals surface area contributed by atoms with Gasteiger partial charge in [0.25, 0.3) is 23.2 Å². The second kappa shape index (κ2) is 9.17. The first-order valence-corrected chi connectivity index (χ1v) is 9.97. The zero-order chi connectivity index (χ0) is 24.2. The van der Waals surface area contributed by atoms with E-state index in [2.05, 4.69) is 10.6 Å². The lowest BCUT2D eigenvalue weighted by atomic mass is 10.1. The smallest absolute Gasteiger partial charge is 0.282 e. The van der Waals surface area contributed by atoms with Gasteiger partial charge in [-0.15, -0.1) is 0 Å². The maximum absolute atomic E-state index is 12.9. The molecule has 0 spiro atoms. The lowest BCUT2D eigenvalue weighted by molar-refractivity contribution is -0.385. The second-order valence-electron chi connectivity index (χ2n) is 7.20. The van der Waals surface area contributed by atoms with Crippen molar-refractivity contribution in [3.63, 3.8) is 0 Å². The number of anilines is 2. The number of benzene rings is 4. The molecule has 2 N–H and O–H groups in total. The zero-order valence-electron chi connectivity index (χ0n) is 17.4. The quantitative estimate of drug-likeness (QED) is 0.303. The number of rotatable bonds is 6. The molecule has 0 saturated carbocycles. The number of nitro groups is 2. The molecule has 4 aromatic rings. The highest BCUT2D eigenvalue weighted by Crippen LogP contribution is 2.31. The molecule has 4 aromatic carbocycles. The van der Waals surface area contributed by atoms with Crippen LogP contribution in [0.4, 0.5) is 22.7 Å². The van der Waals surface area contributed by atoms with Gasteiger partial charge in [-0.25, -0.2) is 0 Å². The van der Waals surface area contributed by atoms with Crippen LogP contribution < -0.4 is 10.6 Å². The van der Waals surface area contributed by atoms with Crippen molar-refractivity contribution in [1.82, 2.24) is 0 Å². The minimum atomic E-state index is -0.747. The fourth-order valence-corrected chi connectivity index (χ4v) is 3.48. The number of hydrogen-bond acceptors (Lipinski definition) is 6. The van der Waals surface area contributed by atoms with Gasteiger partial charge in [0.15, 0.2) is 0 Å². The van der Waals surface area contributed by atoms with E-state index in [0.717, 1.165) is 10.8 Å². The largest absolute Gasteiger partial charge is 0.320 e. The lowest BCUT2D eigenvalue weighted by Crippen LogP contribution is -2.18. The Balaban J connectivity index is 1.74. The molecule has 10 heteroatoms. The molecule has 0 atom stereocenters. The second-order valence-corrected chi connectivity index (χ2v) is 7.20. The molecule has 0 aliphatic rings. The molecule has 0 heterocycles. The number of carbonyl (C=O) groups excluding carboxylic acids is 2. The first-order valence-electron chi connectivity index (χ1n) is 9.97. The van der Waals surface area contributed by atoms with Crippen LogP contribution in [0.3, 0.4) is 0 Å². The predicted molar refractivity (Wildman–Crippen MR) is 126 cm³/mol. The Morgan fingerprint density at radius 3 is 1.32 bits per heavy atom. The first-order chi connectivity index (χ1) is 16.3. The van der Waals surface area contributed by atoms with E-state index in [1.54, 1.807) is 36.4 Å². The van der Waals surface area contributed by atoms with E-state index in [4.69, 9.17) is 0 Å². The molecule has 0 aliphatic carbocycles. The minimum Gasteiger partial charge on any atom is -0.320 e. The van der Waals surface area contributed by atoms with E-state index in [1.165, 1.54) is 48.5 Å². The van der Waals surface area contributed by atoms with Gasteiger partial charge in [0, 0.05) is 12.1 Å². The van der Waals surface area contributed by atoms with Crippen molar-refractivity contribution in [2.75, 3.05) is 10.6 Å². The third-order valence-corrected chi connectivity index (χ3v) is 5.07. The lowest BCUT2D eigenvalue weighted by Gasteiger charge is -2.14. The van der Waals surface area contributed by atoms with Crippen molar-refractivity contribution in [2.24, 2.45) is 0 Å². The molecule has 0 aromatic heterocycles. The Morgan fingerprint density at radius 2 is 0.941 bits per heavy atom. The van der Waals surface area contributed by atoms with Crippen LogP contribution in [0.2, 0.25) is 0 Å². The summed E-state index contributed by atoms with van der Waals surface area (Å²) in [5.74, 6) is -1.49. The normalized spacial score (nSPS) is 10.5.